The van der Waals surface area contributed by atoms with Crippen molar-refractivity contribution in [2.75, 3.05) is 16.8 Å². The zero-order valence-electron chi connectivity index (χ0n) is 14.3. The second-order valence-corrected chi connectivity index (χ2v) is 7.84. The molecule has 1 heterocycles. The second kappa shape index (κ2) is 7.33. The van der Waals surface area contributed by atoms with Crippen LogP contribution in [0.5, 0.6) is 0 Å². The molecule has 1 aliphatic rings. The third kappa shape index (κ3) is 3.57. The van der Waals surface area contributed by atoms with Crippen LogP contribution < -0.4 is 10.2 Å². The zero-order chi connectivity index (χ0) is 19.0. The van der Waals surface area contributed by atoms with Gasteiger partial charge in [-0.3, -0.25) is 9.59 Å². The lowest BCUT2D eigenvalue weighted by Gasteiger charge is -2.19. The predicted molar refractivity (Wildman–Crippen MR) is 112 cm³/mol. The minimum absolute atomic E-state index is 0.0478. The molecule has 0 saturated carbocycles. The molecule has 6 heteroatoms. The lowest BCUT2D eigenvalue weighted by atomic mass is 10.1. The van der Waals surface area contributed by atoms with Crippen LogP contribution in [-0.4, -0.2) is 18.4 Å². The van der Waals surface area contributed by atoms with Crippen molar-refractivity contribution in [1.82, 2.24) is 0 Å². The number of anilines is 2. The van der Waals surface area contributed by atoms with E-state index >= 15 is 0 Å². The van der Waals surface area contributed by atoms with Gasteiger partial charge in [0.05, 0.1) is 22.3 Å². The molecule has 1 N–H and O–H groups in total. The molecule has 4 nitrogen and oxygen atoms in total. The maximum atomic E-state index is 12.7. The van der Waals surface area contributed by atoms with E-state index in [9.17, 15) is 9.59 Å². The third-order valence-corrected chi connectivity index (χ3v) is 5.55. The first-order chi connectivity index (χ1) is 13.0. The first kappa shape index (κ1) is 18.0. The van der Waals surface area contributed by atoms with Crippen molar-refractivity contribution in [1.29, 1.82) is 0 Å². The summed E-state index contributed by atoms with van der Waals surface area (Å²) in [4.78, 5) is 27.0. The van der Waals surface area contributed by atoms with Crippen LogP contribution in [0.4, 0.5) is 11.4 Å². The van der Waals surface area contributed by atoms with E-state index in [4.69, 9.17) is 11.6 Å². The molecule has 0 radical (unpaired) electrons. The predicted octanol–water partition coefficient (Wildman–Crippen LogP) is 5.25. The average Bonchev–Trinajstić information content (AvgIpc) is 3.05. The number of carbonyl (C=O) groups is 2. The molecule has 3 aromatic rings. The van der Waals surface area contributed by atoms with Crippen LogP contribution in [0.2, 0.25) is 5.02 Å². The van der Waals surface area contributed by atoms with Crippen molar-refractivity contribution in [3.63, 3.8) is 0 Å². The van der Waals surface area contributed by atoms with E-state index < -0.39 is 5.92 Å². The number of amides is 2. The fourth-order valence-electron chi connectivity index (χ4n) is 3.39. The molecule has 136 valence electrons. The Morgan fingerprint density at radius 3 is 2.70 bits per heavy atom. The van der Waals surface area contributed by atoms with Crippen molar-refractivity contribution in [3.05, 3.63) is 70.2 Å². The summed E-state index contributed by atoms with van der Waals surface area (Å²) in [6.45, 7) is 0.354. The summed E-state index contributed by atoms with van der Waals surface area (Å²) in [6, 6.07) is 19.1. The van der Waals surface area contributed by atoms with Gasteiger partial charge in [0.25, 0.3) is 0 Å². The van der Waals surface area contributed by atoms with Gasteiger partial charge in [-0.1, -0.05) is 63.9 Å². The third-order valence-electron chi connectivity index (χ3n) is 4.74. The SMILES string of the molecule is O=C(Nc1ccc(Br)cc1Cl)[C@@H]1CC(=O)N(c2cccc3ccccc23)C1. The Bertz CT molecular complexity index is 1050. The molecule has 0 aromatic heterocycles. The van der Waals surface area contributed by atoms with Crippen LogP contribution in [0.15, 0.2) is 65.1 Å². The van der Waals surface area contributed by atoms with Crippen LogP contribution in [0.3, 0.4) is 0 Å². The maximum absolute atomic E-state index is 12.7. The largest absolute Gasteiger partial charge is 0.324 e. The van der Waals surface area contributed by atoms with Crippen LogP contribution in [0, 0.1) is 5.92 Å². The molecule has 1 atom stereocenters. The minimum atomic E-state index is -0.420. The zero-order valence-corrected chi connectivity index (χ0v) is 16.6. The Kier molecular flexibility index (Phi) is 4.89. The summed E-state index contributed by atoms with van der Waals surface area (Å²) in [5.41, 5.74) is 1.39. The van der Waals surface area contributed by atoms with Crippen LogP contribution in [0.1, 0.15) is 6.42 Å². The highest BCUT2D eigenvalue weighted by molar-refractivity contribution is 9.10. The number of benzene rings is 3. The molecule has 3 aromatic carbocycles. The van der Waals surface area contributed by atoms with Crippen molar-refractivity contribution in [3.8, 4) is 0 Å². The molecular formula is C21H16BrClN2O2. The van der Waals surface area contributed by atoms with Gasteiger partial charge >= 0.3 is 0 Å². The van der Waals surface area contributed by atoms with E-state index in [1.807, 2.05) is 48.5 Å². The van der Waals surface area contributed by atoms with Gasteiger partial charge in [-0.25, -0.2) is 0 Å². The molecule has 1 fully saturated rings. The molecule has 0 spiro atoms. The second-order valence-electron chi connectivity index (χ2n) is 6.52. The van der Waals surface area contributed by atoms with Gasteiger partial charge < -0.3 is 10.2 Å². The first-order valence-electron chi connectivity index (χ1n) is 8.57. The summed E-state index contributed by atoms with van der Waals surface area (Å²) in [6.07, 6.45) is 0.184. The van der Waals surface area contributed by atoms with Crippen LogP contribution in [-0.2, 0) is 9.59 Å². The molecule has 1 aliphatic heterocycles. The van der Waals surface area contributed by atoms with E-state index in [0.29, 0.717) is 17.3 Å². The molecule has 1 saturated heterocycles. The van der Waals surface area contributed by atoms with Gasteiger partial charge in [-0.15, -0.1) is 0 Å². The lowest BCUT2D eigenvalue weighted by Crippen LogP contribution is -2.28. The van der Waals surface area contributed by atoms with E-state index in [0.717, 1.165) is 20.9 Å². The van der Waals surface area contributed by atoms with Gasteiger partial charge in [0.1, 0.15) is 0 Å². The molecule has 0 aliphatic carbocycles. The van der Waals surface area contributed by atoms with Crippen molar-refractivity contribution in [2.24, 2.45) is 5.92 Å². The van der Waals surface area contributed by atoms with E-state index in [2.05, 4.69) is 21.2 Å². The van der Waals surface area contributed by atoms with Gasteiger partial charge in [0.2, 0.25) is 11.8 Å². The molecular weight excluding hydrogens is 428 g/mol. The Hall–Kier alpha value is -2.37. The number of hydrogen-bond acceptors (Lipinski definition) is 2. The molecule has 2 amide bonds. The van der Waals surface area contributed by atoms with Crippen molar-refractivity contribution < 1.29 is 9.59 Å². The Morgan fingerprint density at radius 2 is 1.89 bits per heavy atom. The summed E-state index contributed by atoms with van der Waals surface area (Å²) < 4.78 is 0.837. The van der Waals surface area contributed by atoms with Crippen molar-refractivity contribution >= 4 is 61.5 Å². The van der Waals surface area contributed by atoms with E-state index in [1.54, 1.807) is 17.0 Å². The standard InChI is InChI=1S/C21H16BrClN2O2/c22-15-8-9-18(17(23)11-15)24-21(27)14-10-20(26)25(12-14)19-7-3-5-13-4-1-2-6-16(13)19/h1-9,11,14H,10,12H2,(H,24,27)/t14-/m1/s1. The normalized spacial score (nSPS) is 16.7. The van der Waals surface area contributed by atoms with E-state index in [1.165, 1.54) is 0 Å². The van der Waals surface area contributed by atoms with Gasteiger partial charge in [-0.2, -0.15) is 0 Å². The fraction of sp³-hybridized carbons (Fsp3) is 0.143. The molecule has 27 heavy (non-hydrogen) atoms. The smallest absolute Gasteiger partial charge is 0.229 e. The Morgan fingerprint density at radius 1 is 1.11 bits per heavy atom. The average molecular weight is 444 g/mol. The maximum Gasteiger partial charge on any atom is 0.229 e. The number of fused-ring (bicyclic) bond motifs is 1. The number of halogens is 2. The topological polar surface area (TPSA) is 49.4 Å². The number of hydrogen-bond donors (Lipinski definition) is 1. The van der Waals surface area contributed by atoms with Crippen LogP contribution in [0.25, 0.3) is 10.8 Å². The Labute approximate surface area is 170 Å². The lowest BCUT2D eigenvalue weighted by molar-refractivity contribution is -0.122. The van der Waals surface area contributed by atoms with Crippen LogP contribution >= 0.6 is 27.5 Å². The summed E-state index contributed by atoms with van der Waals surface area (Å²) in [5, 5.41) is 5.36. The number of carbonyl (C=O) groups excluding carboxylic acids is 2. The van der Waals surface area contributed by atoms with Gasteiger partial charge in [0, 0.05) is 22.8 Å². The van der Waals surface area contributed by atoms with Gasteiger partial charge in [-0.05, 0) is 29.7 Å². The number of nitrogens with one attached hydrogen (secondary N) is 1. The first-order valence-corrected chi connectivity index (χ1v) is 9.74. The number of nitrogens with zero attached hydrogens (tertiary/aromatic N) is 1. The highest BCUT2D eigenvalue weighted by Gasteiger charge is 2.35. The molecule has 0 bridgehead atoms. The fourth-order valence-corrected chi connectivity index (χ4v) is 4.11. The number of rotatable bonds is 3. The highest BCUT2D eigenvalue weighted by atomic mass is 79.9. The minimum Gasteiger partial charge on any atom is -0.324 e. The highest BCUT2D eigenvalue weighted by Crippen LogP contribution is 2.33. The monoisotopic (exact) mass is 442 g/mol. The van der Waals surface area contributed by atoms with Crippen molar-refractivity contribution in [2.45, 2.75) is 6.42 Å². The molecule has 4 rings (SSSR count). The molecule has 0 unspecified atom stereocenters. The summed E-state index contributed by atoms with van der Waals surface area (Å²) >= 11 is 9.52. The quantitative estimate of drug-likeness (QED) is 0.601. The van der Waals surface area contributed by atoms with E-state index in [-0.39, 0.29) is 18.2 Å². The van der Waals surface area contributed by atoms with Gasteiger partial charge in [0.15, 0.2) is 0 Å². The summed E-state index contributed by atoms with van der Waals surface area (Å²) in [5.74, 6) is -0.667. The Balaban J connectivity index is 1.56. The summed E-state index contributed by atoms with van der Waals surface area (Å²) in [7, 11) is 0.